The Labute approximate surface area is 121 Å². The molecule has 5 heteroatoms. The van der Waals surface area contributed by atoms with Crippen molar-refractivity contribution in [3.8, 4) is 5.75 Å². The van der Waals surface area contributed by atoms with Crippen molar-refractivity contribution in [1.82, 2.24) is 5.32 Å². The van der Waals surface area contributed by atoms with Crippen LogP contribution in [0.3, 0.4) is 0 Å². The summed E-state index contributed by atoms with van der Waals surface area (Å²) >= 11 is 0. The molecule has 0 aliphatic heterocycles. The number of nitrogens with one attached hydrogen (secondary N) is 1. The van der Waals surface area contributed by atoms with Gasteiger partial charge in [-0.15, -0.1) is 0 Å². The zero-order valence-corrected chi connectivity index (χ0v) is 12.8. The molecule has 1 aliphatic carbocycles. The van der Waals surface area contributed by atoms with E-state index in [9.17, 15) is 8.42 Å². The van der Waals surface area contributed by atoms with Crippen LogP contribution in [-0.4, -0.2) is 32.6 Å². The molecule has 1 fully saturated rings. The topological polar surface area (TPSA) is 55.4 Å². The van der Waals surface area contributed by atoms with Crippen molar-refractivity contribution < 1.29 is 13.2 Å². The summed E-state index contributed by atoms with van der Waals surface area (Å²) in [5.74, 6) is 1.22. The van der Waals surface area contributed by atoms with E-state index in [2.05, 4.69) is 11.4 Å². The van der Waals surface area contributed by atoms with Crippen LogP contribution in [0, 0.1) is 0 Å². The van der Waals surface area contributed by atoms with Crippen LogP contribution in [-0.2, 0) is 16.4 Å². The lowest BCUT2D eigenvalue weighted by Gasteiger charge is -2.08. The Morgan fingerprint density at radius 1 is 1.35 bits per heavy atom. The van der Waals surface area contributed by atoms with Gasteiger partial charge in [0.15, 0.2) is 0 Å². The fraction of sp³-hybridized carbons (Fsp3) is 0.600. The molecule has 0 radical (unpaired) electrons. The summed E-state index contributed by atoms with van der Waals surface area (Å²) in [5, 5.41) is 3.46. The highest BCUT2D eigenvalue weighted by Gasteiger charge is 2.19. The summed E-state index contributed by atoms with van der Waals surface area (Å²) in [6, 6.07) is 8.67. The Balaban J connectivity index is 1.73. The Morgan fingerprint density at radius 3 is 2.85 bits per heavy atom. The minimum absolute atomic E-state index is 0.201. The third-order valence-electron chi connectivity index (χ3n) is 3.38. The van der Waals surface area contributed by atoms with Crippen LogP contribution in [0.5, 0.6) is 5.75 Å². The number of hydrogen-bond acceptors (Lipinski definition) is 4. The van der Waals surface area contributed by atoms with Gasteiger partial charge in [0.05, 0.1) is 12.4 Å². The zero-order chi connectivity index (χ0) is 14.4. The van der Waals surface area contributed by atoms with Crippen molar-refractivity contribution in [1.29, 1.82) is 0 Å². The second-order valence-corrected chi connectivity index (χ2v) is 7.71. The molecule has 0 atom stereocenters. The van der Waals surface area contributed by atoms with Gasteiger partial charge in [0.25, 0.3) is 0 Å². The van der Waals surface area contributed by atoms with Gasteiger partial charge >= 0.3 is 0 Å². The quantitative estimate of drug-likeness (QED) is 0.710. The van der Waals surface area contributed by atoms with E-state index in [0.717, 1.165) is 12.3 Å². The second kappa shape index (κ2) is 7.09. The molecule has 112 valence electrons. The van der Waals surface area contributed by atoms with Crippen LogP contribution in [0.4, 0.5) is 0 Å². The number of sulfone groups is 1. The molecule has 0 saturated heterocycles. The summed E-state index contributed by atoms with van der Waals surface area (Å²) in [6.45, 7) is 2.98. The van der Waals surface area contributed by atoms with Crippen LogP contribution in [0.15, 0.2) is 24.3 Å². The molecular weight excluding hydrogens is 274 g/mol. The fourth-order valence-corrected chi connectivity index (χ4v) is 2.75. The minimum atomic E-state index is -2.88. The van der Waals surface area contributed by atoms with Crippen molar-refractivity contribution in [2.45, 2.75) is 38.8 Å². The van der Waals surface area contributed by atoms with Gasteiger partial charge in [0.2, 0.25) is 0 Å². The summed E-state index contributed by atoms with van der Waals surface area (Å²) in [5.41, 5.74) is 1.20. The molecule has 1 aromatic carbocycles. The first kappa shape index (κ1) is 15.3. The molecule has 0 spiro atoms. The minimum Gasteiger partial charge on any atom is -0.494 e. The standard InChI is InChI=1S/C15H23NO3S/c1-2-20(17,18)10-4-9-19-15-6-3-5-13(11-15)12-16-14-7-8-14/h3,5-6,11,14,16H,2,4,7-10,12H2,1H3. The van der Waals surface area contributed by atoms with Gasteiger partial charge in [-0.25, -0.2) is 8.42 Å². The lowest BCUT2D eigenvalue weighted by Crippen LogP contribution is -2.15. The number of hydrogen-bond donors (Lipinski definition) is 1. The summed E-state index contributed by atoms with van der Waals surface area (Å²) in [6.07, 6.45) is 3.10. The Kier molecular flexibility index (Phi) is 5.43. The molecule has 4 nitrogen and oxygen atoms in total. The molecule has 1 N–H and O–H groups in total. The molecule has 0 unspecified atom stereocenters. The average Bonchev–Trinajstić information content (AvgIpc) is 3.26. The first-order valence-corrected chi connectivity index (χ1v) is 9.07. The third kappa shape index (κ3) is 5.51. The van der Waals surface area contributed by atoms with E-state index >= 15 is 0 Å². The maximum atomic E-state index is 11.4. The molecular formula is C15H23NO3S. The van der Waals surface area contributed by atoms with Gasteiger partial charge < -0.3 is 10.1 Å². The molecule has 0 amide bonds. The van der Waals surface area contributed by atoms with Gasteiger partial charge in [0.1, 0.15) is 15.6 Å². The monoisotopic (exact) mass is 297 g/mol. The highest BCUT2D eigenvalue weighted by molar-refractivity contribution is 7.91. The van der Waals surface area contributed by atoms with E-state index in [1.54, 1.807) is 6.92 Å². The molecule has 0 aromatic heterocycles. The summed E-state index contributed by atoms with van der Waals surface area (Å²) in [7, 11) is -2.88. The Hall–Kier alpha value is -1.07. The molecule has 0 bridgehead atoms. The predicted octanol–water partition coefficient (Wildman–Crippen LogP) is 2.14. The molecule has 1 aliphatic rings. The lowest BCUT2D eigenvalue weighted by molar-refractivity contribution is 0.317. The first-order valence-electron chi connectivity index (χ1n) is 7.24. The van der Waals surface area contributed by atoms with Crippen molar-refractivity contribution in [3.63, 3.8) is 0 Å². The van der Waals surface area contributed by atoms with E-state index in [-0.39, 0.29) is 11.5 Å². The van der Waals surface area contributed by atoms with Crippen LogP contribution in [0.1, 0.15) is 31.7 Å². The van der Waals surface area contributed by atoms with Crippen molar-refractivity contribution in [2.24, 2.45) is 0 Å². The van der Waals surface area contributed by atoms with E-state index in [0.29, 0.717) is 19.1 Å². The van der Waals surface area contributed by atoms with Gasteiger partial charge in [-0.3, -0.25) is 0 Å². The van der Waals surface area contributed by atoms with Crippen LogP contribution >= 0.6 is 0 Å². The van der Waals surface area contributed by atoms with Crippen molar-refractivity contribution in [3.05, 3.63) is 29.8 Å². The number of ether oxygens (including phenoxy) is 1. The van der Waals surface area contributed by atoms with Gasteiger partial charge in [-0.2, -0.15) is 0 Å². The smallest absolute Gasteiger partial charge is 0.150 e. The molecule has 1 saturated carbocycles. The molecule has 1 aromatic rings. The average molecular weight is 297 g/mol. The summed E-state index contributed by atoms with van der Waals surface area (Å²) < 4.78 is 28.3. The van der Waals surface area contributed by atoms with Gasteiger partial charge in [-0.1, -0.05) is 19.1 Å². The fourth-order valence-electron chi connectivity index (χ4n) is 1.91. The maximum Gasteiger partial charge on any atom is 0.150 e. The number of rotatable bonds is 9. The Bertz CT molecular complexity index is 524. The number of benzene rings is 1. The SMILES string of the molecule is CCS(=O)(=O)CCCOc1cccc(CNC2CC2)c1. The van der Waals surface area contributed by atoms with E-state index < -0.39 is 9.84 Å². The normalized spacial score (nSPS) is 15.2. The van der Waals surface area contributed by atoms with E-state index in [1.165, 1.54) is 18.4 Å². The first-order chi connectivity index (χ1) is 9.59. The lowest BCUT2D eigenvalue weighted by atomic mass is 10.2. The zero-order valence-electron chi connectivity index (χ0n) is 12.0. The highest BCUT2D eigenvalue weighted by Crippen LogP contribution is 2.20. The van der Waals surface area contributed by atoms with Crippen LogP contribution < -0.4 is 10.1 Å². The largest absolute Gasteiger partial charge is 0.494 e. The van der Waals surface area contributed by atoms with E-state index in [4.69, 9.17) is 4.74 Å². The van der Waals surface area contributed by atoms with Crippen LogP contribution in [0.2, 0.25) is 0 Å². The third-order valence-corrected chi connectivity index (χ3v) is 5.17. The van der Waals surface area contributed by atoms with Crippen molar-refractivity contribution in [2.75, 3.05) is 18.1 Å². The Morgan fingerprint density at radius 2 is 2.15 bits per heavy atom. The maximum absolute atomic E-state index is 11.4. The van der Waals surface area contributed by atoms with Gasteiger partial charge in [0, 0.05) is 18.3 Å². The second-order valence-electron chi connectivity index (χ2n) is 5.24. The van der Waals surface area contributed by atoms with Crippen LogP contribution in [0.25, 0.3) is 0 Å². The van der Waals surface area contributed by atoms with Crippen molar-refractivity contribution >= 4 is 9.84 Å². The molecule has 20 heavy (non-hydrogen) atoms. The molecule has 0 heterocycles. The van der Waals surface area contributed by atoms with E-state index in [1.807, 2.05) is 18.2 Å². The predicted molar refractivity (Wildman–Crippen MR) is 80.7 cm³/mol. The molecule has 2 rings (SSSR count). The highest BCUT2D eigenvalue weighted by atomic mass is 32.2. The summed E-state index contributed by atoms with van der Waals surface area (Å²) in [4.78, 5) is 0. The van der Waals surface area contributed by atoms with Gasteiger partial charge in [-0.05, 0) is 37.0 Å².